The minimum absolute atomic E-state index is 0.0320. The molecule has 0 aliphatic heterocycles. The third-order valence-electron chi connectivity index (χ3n) is 2.13. The van der Waals surface area contributed by atoms with E-state index in [4.69, 9.17) is 0 Å². The smallest absolute Gasteiger partial charge is 0.337 e. The summed E-state index contributed by atoms with van der Waals surface area (Å²) in [6, 6.07) is 2.92. The Hall–Kier alpha value is -1.43. The third kappa shape index (κ3) is 2.38. The minimum atomic E-state index is -0.500. The van der Waals surface area contributed by atoms with Gasteiger partial charge in [-0.25, -0.2) is 4.79 Å². The quantitative estimate of drug-likeness (QED) is 0.371. The highest BCUT2D eigenvalue weighted by molar-refractivity contribution is 9.08. The molecule has 0 saturated heterocycles. The molecule has 1 aromatic carbocycles. The number of benzene rings is 1. The van der Waals surface area contributed by atoms with E-state index in [1.165, 1.54) is 19.2 Å². The molecule has 0 bridgehead atoms. The summed E-state index contributed by atoms with van der Waals surface area (Å²) in [5, 5.41) is 11.1. The number of rotatable bonds is 3. The molecule has 0 N–H and O–H groups in total. The zero-order chi connectivity index (χ0) is 12.3. The van der Waals surface area contributed by atoms with Gasteiger partial charge in [-0.05, 0) is 19.1 Å². The number of methoxy groups -OCH3 is 1. The van der Waals surface area contributed by atoms with E-state index in [1.54, 1.807) is 6.92 Å². The molecule has 1 aromatic rings. The van der Waals surface area contributed by atoms with Crippen molar-refractivity contribution < 1.29 is 14.5 Å². The number of esters is 1. The van der Waals surface area contributed by atoms with E-state index in [9.17, 15) is 14.9 Å². The molecule has 0 aliphatic rings. The van der Waals surface area contributed by atoms with Crippen LogP contribution in [0.3, 0.4) is 0 Å². The minimum Gasteiger partial charge on any atom is -0.465 e. The summed E-state index contributed by atoms with van der Waals surface area (Å²) in [6.07, 6.45) is 0. The lowest BCUT2D eigenvalue weighted by Crippen LogP contribution is -2.05. The molecule has 0 atom stereocenters. The Bertz CT molecular complexity index is 445. The number of alkyl halides is 1. The Balaban J connectivity index is 3.37. The highest BCUT2D eigenvalue weighted by Crippen LogP contribution is 2.27. The van der Waals surface area contributed by atoms with E-state index in [1.807, 2.05) is 0 Å². The number of nitro groups is 1. The molecule has 1 rings (SSSR count). The SMILES string of the molecule is COC(=O)c1cc(C)c([N+](=O)[O-])c(CBr)c1. The van der Waals surface area contributed by atoms with Crippen molar-refractivity contribution in [2.24, 2.45) is 0 Å². The second-order valence-electron chi connectivity index (χ2n) is 3.18. The number of nitro benzene ring substituents is 1. The first-order chi connectivity index (χ1) is 7.51. The lowest BCUT2D eigenvalue weighted by atomic mass is 10.0. The number of aryl methyl sites for hydroxylation is 1. The second kappa shape index (κ2) is 5.07. The molecule has 0 amide bonds. The van der Waals surface area contributed by atoms with E-state index < -0.39 is 10.9 Å². The summed E-state index contributed by atoms with van der Waals surface area (Å²) in [6.45, 7) is 1.59. The summed E-state index contributed by atoms with van der Waals surface area (Å²) in [5.41, 5.74) is 1.26. The van der Waals surface area contributed by atoms with Crippen LogP contribution in [-0.4, -0.2) is 18.0 Å². The standard InChI is InChI=1S/C10H10BrNO4/c1-6-3-7(10(13)16-2)4-8(5-11)9(6)12(14)15/h3-4H,5H2,1-2H3. The van der Waals surface area contributed by atoms with Crippen molar-refractivity contribution in [1.29, 1.82) is 0 Å². The fraction of sp³-hybridized carbons (Fsp3) is 0.300. The number of ether oxygens (including phenoxy) is 1. The van der Waals surface area contributed by atoms with Gasteiger partial charge in [0.2, 0.25) is 0 Å². The first-order valence-electron chi connectivity index (χ1n) is 4.43. The van der Waals surface area contributed by atoms with Crippen LogP contribution in [-0.2, 0) is 10.1 Å². The third-order valence-corrected chi connectivity index (χ3v) is 2.73. The Kier molecular flexibility index (Phi) is 4.00. The van der Waals surface area contributed by atoms with Crippen LogP contribution in [0, 0.1) is 17.0 Å². The predicted molar refractivity (Wildman–Crippen MR) is 61.8 cm³/mol. The van der Waals surface area contributed by atoms with Crippen molar-refractivity contribution in [2.75, 3.05) is 7.11 Å². The molecule has 0 spiro atoms. The van der Waals surface area contributed by atoms with Gasteiger partial charge in [0.05, 0.1) is 17.6 Å². The van der Waals surface area contributed by atoms with Crippen molar-refractivity contribution in [2.45, 2.75) is 12.3 Å². The summed E-state index contributed by atoms with van der Waals surface area (Å²) in [4.78, 5) is 21.7. The lowest BCUT2D eigenvalue weighted by Gasteiger charge is -2.06. The molecule has 0 aromatic heterocycles. The fourth-order valence-electron chi connectivity index (χ4n) is 1.45. The van der Waals surface area contributed by atoms with E-state index in [0.717, 1.165) is 0 Å². The van der Waals surface area contributed by atoms with Crippen LogP contribution >= 0.6 is 15.9 Å². The Labute approximate surface area is 101 Å². The predicted octanol–water partition coefficient (Wildman–Crippen LogP) is 2.58. The molecule has 5 nitrogen and oxygen atoms in total. The average molecular weight is 288 g/mol. The highest BCUT2D eigenvalue weighted by atomic mass is 79.9. The van der Waals surface area contributed by atoms with Crippen molar-refractivity contribution in [1.82, 2.24) is 0 Å². The Morgan fingerprint density at radius 3 is 2.62 bits per heavy atom. The van der Waals surface area contributed by atoms with Crippen LogP contribution in [0.5, 0.6) is 0 Å². The van der Waals surface area contributed by atoms with E-state index in [0.29, 0.717) is 22.0 Å². The van der Waals surface area contributed by atoms with Crippen LogP contribution < -0.4 is 0 Å². The van der Waals surface area contributed by atoms with Crippen molar-refractivity contribution in [3.05, 3.63) is 38.9 Å². The van der Waals surface area contributed by atoms with Gasteiger partial charge >= 0.3 is 5.97 Å². The number of carbonyl (C=O) groups excluding carboxylic acids is 1. The summed E-state index contributed by atoms with van der Waals surface area (Å²) >= 11 is 3.16. The lowest BCUT2D eigenvalue weighted by molar-refractivity contribution is -0.386. The zero-order valence-corrected chi connectivity index (χ0v) is 10.4. The van der Waals surface area contributed by atoms with Gasteiger partial charge in [-0.1, -0.05) is 15.9 Å². The summed E-state index contributed by atoms with van der Waals surface area (Å²) < 4.78 is 4.57. The van der Waals surface area contributed by atoms with Crippen LogP contribution in [0.1, 0.15) is 21.5 Å². The first-order valence-corrected chi connectivity index (χ1v) is 5.55. The largest absolute Gasteiger partial charge is 0.465 e. The molecule has 0 saturated carbocycles. The van der Waals surface area contributed by atoms with Crippen LogP contribution in [0.4, 0.5) is 5.69 Å². The molecule has 0 heterocycles. The van der Waals surface area contributed by atoms with E-state index >= 15 is 0 Å². The maximum absolute atomic E-state index is 11.3. The Morgan fingerprint density at radius 1 is 1.56 bits per heavy atom. The molecule has 0 unspecified atom stereocenters. The van der Waals surface area contributed by atoms with E-state index in [-0.39, 0.29) is 5.69 Å². The first kappa shape index (κ1) is 12.6. The molecular weight excluding hydrogens is 278 g/mol. The molecular formula is C10H10BrNO4. The van der Waals surface area contributed by atoms with Gasteiger partial charge in [0.1, 0.15) is 0 Å². The number of carbonyl (C=O) groups is 1. The van der Waals surface area contributed by atoms with Crippen molar-refractivity contribution in [3.8, 4) is 0 Å². The number of hydrogen-bond acceptors (Lipinski definition) is 4. The molecule has 16 heavy (non-hydrogen) atoms. The number of nitrogens with zero attached hydrogens (tertiary/aromatic N) is 1. The van der Waals surface area contributed by atoms with Gasteiger partial charge in [-0.2, -0.15) is 0 Å². The number of hydrogen-bond donors (Lipinski definition) is 0. The monoisotopic (exact) mass is 287 g/mol. The van der Waals surface area contributed by atoms with Gasteiger partial charge in [-0.15, -0.1) is 0 Å². The highest BCUT2D eigenvalue weighted by Gasteiger charge is 2.20. The maximum atomic E-state index is 11.3. The molecule has 0 radical (unpaired) electrons. The van der Waals surface area contributed by atoms with Gasteiger partial charge < -0.3 is 4.74 Å². The topological polar surface area (TPSA) is 69.4 Å². The molecule has 6 heteroatoms. The van der Waals surface area contributed by atoms with Crippen LogP contribution in [0.15, 0.2) is 12.1 Å². The Morgan fingerprint density at radius 2 is 2.19 bits per heavy atom. The number of halogens is 1. The van der Waals surface area contributed by atoms with Crippen molar-refractivity contribution in [3.63, 3.8) is 0 Å². The van der Waals surface area contributed by atoms with Gasteiger partial charge in [0.15, 0.2) is 0 Å². The fourth-order valence-corrected chi connectivity index (χ4v) is 1.88. The molecule has 86 valence electrons. The maximum Gasteiger partial charge on any atom is 0.337 e. The van der Waals surface area contributed by atoms with Crippen LogP contribution in [0.25, 0.3) is 0 Å². The van der Waals surface area contributed by atoms with Gasteiger partial charge in [-0.3, -0.25) is 10.1 Å². The van der Waals surface area contributed by atoms with Gasteiger partial charge in [0, 0.05) is 16.5 Å². The van der Waals surface area contributed by atoms with Crippen LogP contribution in [0.2, 0.25) is 0 Å². The normalized spacial score (nSPS) is 9.94. The summed E-state index contributed by atoms with van der Waals surface area (Å²) in [5.74, 6) is -0.500. The zero-order valence-electron chi connectivity index (χ0n) is 8.82. The van der Waals surface area contributed by atoms with E-state index in [2.05, 4.69) is 20.7 Å². The molecule has 0 fully saturated rings. The molecule has 0 aliphatic carbocycles. The summed E-state index contributed by atoms with van der Waals surface area (Å²) in [7, 11) is 1.27. The van der Waals surface area contributed by atoms with Crippen molar-refractivity contribution >= 4 is 27.6 Å². The second-order valence-corrected chi connectivity index (χ2v) is 3.74. The van der Waals surface area contributed by atoms with Gasteiger partial charge in [0.25, 0.3) is 5.69 Å². The average Bonchev–Trinajstić information content (AvgIpc) is 2.26.